The average molecular weight is 415 g/mol. The Kier molecular flexibility index (Phi) is 5.28. The van der Waals surface area contributed by atoms with E-state index in [1.165, 1.54) is 11.3 Å². The van der Waals surface area contributed by atoms with E-state index in [4.69, 9.17) is 0 Å². The Balaban J connectivity index is 1.29. The molecule has 1 unspecified atom stereocenters. The van der Waals surface area contributed by atoms with Gasteiger partial charge >= 0.3 is 0 Å². The highest BCUT2D eigenvalue weighted by atomic mass is 16.2. The van der Waals surface area contributed by atoms with Crippen LogP contribution in [-0.4, -0.2) is 28.1 Å². The summed E-state index contributed by atoms with van der Waals surface area (Å²) in [6.45, 7) is 1.50. The quantitative estimate of drug-likeness (QED) is 0.689. The minimum Gasteiger partial charge on any atom is -0.345 e. The Morgan fingerprint density at radius 2 is 1.84 bits per heavy atom. The van der Waals surface area contributed by atoms with Crippen molar-refractivity contribution in [3.8, 4) is 0 Å². The maximum Gasteiger partial charge on any atom is 0.251 e. The van der Waals surface area contributed by atoms with Crippen LogP contribution in [0.4, 0.5) is 5.69 Å². The minimum atomic E-state index is -0.0899. The first-order valence-electron chi connectivity index (χ1n) is 11.0. The van der Waals surface area contributed by atoms with Crippen molar-refractivity contribution in [2.45, 2.75) is 44.7 Å². The summed E-state index contributed by atoms with van der Waals surface area (Å²) in [6, 6.07) is 17.6. The smallest absolute Gasteiger partial charge is 0.251 e. The van der Waals surface area contributed by atoms with Gasteiger partial charge < -0.3 is 10.2 Å². The number of nitrogens with one attached hydrogen (secondary N) is 1. The number of aromatic nitrogens is 2. The number of hydrogen-bond donors (Lipinski definition) is 1. The average Bonchev–Trinajstić information content (AvgIpc) is 3.41. The Morgan fingerprint density at radius 1 is 1.03 bits per heavy atom. The molecule has 1 aliphatic carbocycles. The molecule has 1 fully saturated rings. The van der Waals surface area contributed by atoms with Crippen LogP contribution in [0.2, 0.25) is 0 Å². The number of fused-ring (bicyclic) bond motifs is 1. The molecule has 1 aliphatic heterocycles. The van der Waals surface area contributed by atoms with E-state index < -0.39 is 0 Å². The number of nitrogens with zero attached hydrogens (tertiary/aromatic N) is 3. The van der Waals surface area contributed by atoms with Gasteiger partial charge in [-0.05, 0) is 55.5 Å². The van der Waals surface area contributed by atoms with Gasteiger partial charge in [0.05, 0.1) is 18.8 Å². The van der Waals surface area contributed by atoms with E-state index in [-0.39, 0.29) is 17.9 Å². The molecule has 0 radical (unpaired) electrons. The van der Waals surface area contributed by atoms with Crippen molar-refractivity contribution in [1.29, 1.82) is 0 Å². The lowest BCUT2D eigenvalue weighted by Crippen LogP contribution is -2.31. The molecule has 0 bridgehead atoms. The monoisotopic (exact) mass is 414 g/mol. The van der Waals surface area contributed by atoms with Gasteiger partial charge in [0.25, 0.3) is 5.91 Å². The van der Waals surface area contributed by atoms with Crippen molar-refractivity contribution in [2.75, 3.05) is 11.4 Å². The van der Waals surface area contributed by atoms with E-state index in [0.717, 1.165) is 50.0 Å². The SMILES string of the molecule is O=C(NC1CCCc2c1cnn2Cc1ccccc1)c1ccc(N2CCCC2=O)cc1. The number of carbonyl (C=O) groups excluding carboxylic acids is 2. The Labute approximate surface area is 181 Å². The zero-order valence-electron chi connectivity index (χ0n) is 17.5. The summed E-state index contributed by atoms with van der Waals surface area (Å²) in [6.07, 6.45) is 6.31. The third-order valence-corrected chi connectivity index (χ3v) is 6.26. The van der Waals surface area contributed by atoms with E-state index in [2.05, 4.69) is 27.2 Å². The molecule has 2 amide bonds. The van der Waals surface area contributed by atoms with Crippen LogP contribution in [0.15, 0.2) is 60.8 Å². The van der Waals surface area contributed by atoms with Gasteiger partial charge in [0, 0.05) is 35.5 Å². The van der Waals surface area contributed by atoms with E-state index in [9.17, 15) is 9.59 Å². The molecule has 2 heterocycles. The largest absolute Gasteiger partial charge is 0.345 e. The van der Waals surface area contributed by atoms with Crippen molar-refractivity contribution >= 4 is 17.5 Å². The van der Waals surface area contributed by atoms with Gasteiger partial charge in [-0.2, -0.15) is 5.10 Å². The second-order valence-corrected chi connectivity index (χ2v) is 8.30. The van der Waals surface area contributed by atoms with E-state index >= 15 is 0 Å². The second-order valence-electron chi connectivity index (χ2n) is 8.30. The van der Waals surface area contributed by atoms with Crippen LogP contribution < -0.4 is 10.2 Å². The lowest BCUT2D eigenvalue weighted by Gasteiger charge is -2.24. The molecular weight excluding hydrogens is 388 g/mol. The van der Waals surface area contributed by atoms with Crippen molar-refractivity contribution in [1.82, 2.24) is 15.1 Å². The first kappa shape index (κ1) is 19.5. The minimum absolute atomic E-state index is 0.0272. The fourth-order valence-electron chi connectivity index (χ4n) is 4.62. The van der Waals surface area contributed by atoms with Crippen LogP contribution in [0, 0.1) is 0 Å². The first-order valence-corrected chi connectivity index (χ1v) is 11.0. The molecule has 1 aromatic heterocycles. The molecule has 1 saturated heterocycles. The van der Waals surface area contributed by atoms with Gasteiger partial charge in [0.1, 0.15) is 0 Å². The first-order chi connectivity index (χ1) is 15.2. The standard InChI is InChI=1S/C25H26N4O2/c30-24-10-5-15-28(24)20-13-11-19(12-14-20)25(31)27-22-8-4-9-23-21(22)16-26-29(23)17-18-6-2-1-3-7-18/h1-3,6-7,11-14,16,22H,4-5,8-10,15,17H2,(H,27,31). The number of amides is 2. The van der Waals surface area contributed by atoms with Gasteiger partial charge in [-0.25, -0.2) is 0 Å². The van der Waals surface area contributed by atoms with Crippen LogP contribution >= 0.6 is 0 Å². The molecule has 5 rings (SSSR count). The zero-order valence-corrected chi connectivity index (χ0v) is 17.5. The summed E-state index contributed by atoms with van der Waals surface area (Å²) < 4.78 is 2.06. The van der Waals surface area contributed by atoms with Gasteiger partial charge in [-0.1, -0.05) is 30.3 Å². The third-order valence-electron chi connectivity index (χ3n) is 6.26. The highest BCUT2D eigenvalue weighted by Crippen LogP contribution is 2.30. The van der Waals surface area contributed by atoms with Crippen LogP contribution in [-0.2, 0) is 17.8 Å². The van der Waals surface area contributed by atoms with Gasteiger partial charge in [-0.15, -0.1) is 0 Å². The predicted octanol–water partition coefficient (Wildman–Crippen LogP) is 3.87. The molecule has 2 aromatic carbocycles. The predicted molar refractivity (Wildman–Crippen MR) is 119 cm³/mol. The molecule has 158 valence electrons. The highest BCUT2D eigenvalue weighted by Gasteiger charge is 2.26. The molecule has 6 nitrogen and oxygen atoms in total. The van der Waals surface area contributed by atoms with E-state index in [1.807, 2.05) is 36.5 Å². The maximum absolute atomic E-state index is 12.9. The summed E-state index contributed by atoms with van der Waals surface area (Å²) in [5.41, 5.74) is 5.02. The summed E-state index contributed by atoms with van der Waals surface area (Å²) in [5.74, 6) is 0.0624. The molecule has 31 heavy (non-hydrogen) atoms. The van der Waals surface area contributed by atoms with Crippen LogP contribution in [0.25, 0.3) is 0 Å². The summed E-state index contributed by atoms with van der Waals surface area (Å²) in [7, 11) is 0. The molecule has 1 N–H and O–H groups in total. The number of rotatable bonds is 5. The van der Waals surface area contributed by atoms with Crippen LogP contribution in [0.1, 0.15) is 58.9 Å². The second kappa shape index (κ2) is 8.38. The Morgan fingerprint density at radius 3 is 2.58 bits per heavy atom. The summed E-state index contributed by atoms with van der Waals surface area (Å²) in [5, 5.41) is 7.81. The maximum atomic E-state index is 12.9. The van der Waals surface area contributed by atoms with E-state index in [0.29, 0.717) is 12.0 Å². The van der Waals surface area contributed by atoms with Gasteiger partial charge in [0.2, 0.25) is 5.91 Å². The van der Waals surface area contributed by atoms with Crippen molar-refractivity contribution in [3.63, 3.8) is 0 Å². The summed E-state index contributed by atoms with van der Waals surface area (Å²) >= 11 is 0. The van der Waals surface area contributed by atoms with Gasteiger partial charge in [0.15, 0.2) is 0 Å². The number of carbonyl (C=O) groups is 2. The lowest BCUT2D eigenvalue weighted by molar-refractivity contribution is -0.117. The Bertz CT molecular complexity index is 1090. The molecule has 0 spiro atoms. The fraction of sp³-hybridized carbons (Fsp3) is 0.320. The number of anilines is 1. The topological polar surface area (TPSA) is 67.2 Å². The Hall–Kier alpha value is -3.41. The number of benzene rings is 2. The third kappa shape index (κ3) is 3.98. The lowest BCUT2D eigenvalue weighted by atomic mass is 9.92. The van der Waals surface area contributed by atoms with Crippen molar-refractivity contribution in [3.05, 3.63) is 83.2 Å². The highest BCUT2D eigenvalue weighted by molar-refractivity contribution is 5.97. The molecule has 1 atom stereocenters. The molecule has 0 saturated carbocycles. The van der Waals surface area contributed by atoms with Crippen molar-refractivity contribution in [2.24, 2.45) is 0 Å². The molecule has 6 heteroatoms. The molecule has 3 aromatic rings. The fourth-order valence-corrected chi connectivity index (χ4v) is 4.62. The summed E-state index contributed by atoms with van der Waals surface area (Å²) in [4.78, 5) is 26.6. The van der Waals surface area contributed by atoms with Gasteiger partial charge in [-0.3, -0.25) is 14.3 Å². The zero-order chi connectivity index (χ0) is 21.2. The normalized spacial score (nSPS) is 18.1. The van der Waals surface area contributed by atoms with E-state index in [1.54, 1.807) is 17.0 Å². The number of hydrogen-bond acceptors (Lipinski definition) is 3. The van der Waals surface area contributed by atoms with Crippen LogP contribution in [0.5, 0.6) is 0 Å². The molecule has 2 aliphatic rings. The van der Waals surface area contributed by atoms with Crippen molar-refractivity contribution < 1.29 is 9.59 Å². The molecular formula is C25H26N4O2. The van der Waals surface area contributed by atoms with Crippen LogP contribution in [0.3, 0.4) is 0 Å².